The van der Waals surface area contributed by atoms with Crippen LogP contribution >= 0.6 is 12.4 Å². The molecule has 1 aromatic rings. The number of carbonyl (C=O) groups excluding carboxylic acids is 2. The van der Waals surface area contributed by atoms with E-state index in [9.17, 15) is 9.59 Å². The van der Waals surface area contributed by atoms with Gasteiger partial charge in [0.1, 0.15) is 0 Å². The molecule has 0 aromatic heterocycles. The monoisotopic (exact) mass is 300 g/mol. The van der Waals surface area contributed by atoms with E-state index in [1.165, 1.54) is 7.11 Å². The second-order valence-corrected chi connectivity index (χ2v) is 4.47. The van der Waals surface area contributed by atoms with Gasteiger partial charge in [-0.2, -0.15) is 0 Å². The number of benzene rings is 1. The number of rotatable bonds is 6. The lowest BCUT2D eigenvalue weighted by Crippen LogP contribution is -2.35. The molecule has 0 aliphatic carbocycles. The SMILES string of the molecule is COC(=O)C(CNC(=O)CC(C)N)c1ccccc1.Cl. The Bertz CT molecular complexity index is 424. The molecule has 5 nitrogen and oxygen atoms in total. The van der Waals surface area contributed by atoms with E-state index in [0.29, 0.717) is 0 Å². The van der Waals surface area contributed by atoms with Crippen LogP contribution in [-0.2, 0) is 14.3 Å². The van der Waals surface area contributed by atoms with Crippen molar-refractivity contribution in [2.45, 2.75) is 25.3 Å². The molecule has 0 aliphatic heterocycles. The van der Waals surface area contributed by atoms with Crippen LogP contribution in [0.2, 0.25) is 0 Å². The van der Waals surface area contributed by atoms with Crippen LogP contribution in [0.4, 0.5) is 0 Å². The number of ether oxygens (including phenoxy) is 1. The molecule has 0 fully saturated rings. The fraction of sp³-hybridized carbons (Fsp3) is 0.429. The van der Waals surface area contributed by atoms with Gasteiger partial charge in [-0.05, 0) is 12.5 Å². The molecule has 0 saturated heterocycles. The zero-order chi connectivity index (χ0) is 14.3. The summed E-state index contributed by atoms with van der Waals surface area (Å²) in [4.78, 5) is 23.3. The van der Waals surface area contributed by atoms with Crippen LogP contribution in [0.25, 0.3) is 0 Å². The van der Waals surface area contributed by atoms with Crippen molar-refractivity contribution < 1.29 is 14.3 Å². The van der Waals surface area contributed by atoms with Gasteiger partial charge >= 0.3 is 5.97 Å². The number of halogens is 1. The van der Waals surface area contributed by atoms with Gasteiger partial charge in [-0.25, -0.2) is 0 Å². The predicted molar refractivity (Wildman–Crippen MR) is 79.7 cm³/mol. The summed E-state index contributed by atoms with van der Waals surface area (Å²) in [6.45, 7) is 1.97. The molecular weight excluding hydrogens is 280 g/mol. The van der Waals surface area contributed by atoms with Crippen molar-refractivity contribution in [2.24, 2.45) is 5.73 Å². The number of nitrogens with two attached hydrogens (primary N) is 1. The van der Waals surface area contributed by atoms with E-state index in [1.807, 2.05) is 30.3 Å². The zero-order valence-corrected chi connectivity index (χ0v) is 12.5. The molecule has 1 amide bonds. The molecule has 2 unspecified atom stereocenters. The second kappa shape index (κ2) is 9.34. The van der Waals surface area contributed by atoms with Gasteiger partial charge in [0.05, 0.1) is 13.0 Å². The number of hydrogen-bond acceptors (Lipinski definition) is 4. The lowest BCUT2D eigenvalue weighted by Gasteiger charge is -2.16. The number of nitrogens with one attached hydrogen (secondary N) is 1. The van der Waals surface area contributed by atoms with Gasteiger partial charge < -0.3 is 15.8 Å². The van der Waals surface area contributed by atoms with E-state index < -0.39 is 5.92 Å². The molecule has 20 heavy (non-hydrogen) atoms. The molecule has 1 rings (SSSR count). The van der Waals surface area contributed by atoms with Gasteiger partial charge in [0, 0.05) is 19.0 Å². The summed E-state index contributed by atoms with van der Waals surface area (Å²) < 4.78 is 4.77. The van der Waals surface area contributed by atoms with Gasteiger partial charge in [-0.15, -0.1) is 12.4 Å². The molecule has 0 saturated carbocycles. The molecule has 0 bridgehead atoms. The summed E-state index contributed by atoms with van der Waals surface area (Å²) >= 11 is 0. The average molecular weight is 301 g/mol. The van der Waals surface area contributed by atoms with Gasteiger partial charge in [0.15, 0.2) is 0 Å². The Morgan fingerprint density at radius 1 is 1.30 bits per heavy atom. The normalized spacial score (nSPS) is 12.8. The van der Waals surface area contributed by atoms with Crippen LogP contribution in [0.1, 0.15) is 24.8 Å². The maximum Gasteiger partial charge on any atom is 0.314 e. The standard InChI is InChI=1S/C14H20N2O3.ClH/c1-10(15)8-13(17)16-9-12(14(18)19-2)11-6-4-3-5-7-11;/h3-7,10,12H,8-9,15H2,1-2H3,(H,16,17);1H. The Morgan fingerprint density at radius 3 is 2.40 bits per heavy atom. The Morgan fingerprint density at radius 2 is 1.90 bits per heavy atom. The molecule has 6 heteroatoms. The molecular formula is C14H21ClN2O3. The van der Waals surface area contributed by atoms with Gasteiger partial charge in [-0.1, -0.05) is 30.3 Å². The summed E-state index contributed by atoms with van der Waals surface area (Å²) in [5.41, 5.74) is 6.36. The van der Waals surface area contributed by atoms with Gasteiger partial charge in [-0.3, -0.25) is 9.59 Å². The highest BCUT2D eigenvalue weighted by atomic mass is 35.5. The maximum atomic E-state index is 11.7. The first-order valence-corrected chi connectivity index (χ1v) is 6.19. The first-order valence-electron chi connectivity index (χ1n) is 6.19. The van der Waals surface area contributed by atoms with Crippen molar-refractivity contribution in [3.05, 3.63) is 35.9 Å². The highest BCUT2D eigenvalue weighted by Gasteiger charge is 2.21. The van der Waals surface area contributed by atoms with Crippen molar-refractivity contribution in [2.75, 3.05) is 13.7 Å². The minimum Gasteiger partial charge on any atom is -0.468 e. The van der Waals surface area contributed by atoms with Crippen molar-refractivity contribution in [1.29, 1.82) is 0 Å². The predicted octanol–water partition coefficient (Wildman–Crippen LogP) is 1.22. The highest BCUT2D eigenvalue weighted by molar-refractivity contribution is 5.85. The summed E-state index contributed by atoms with van der Waals surface area (Å²) in [5.74, 6) is -1.03. The Balaban J connectivity index is 0.00000361. The first-order chi connectivity index (χ1) is 9.04. The smallest absolute Gasteiger partial charge is 0.314 e. The fourth-order valence-electron chi connectivity index (χ4n) is 1.75. The molecule has 1 aromatic carbocycles. The second-order valence-electron chi connectivity index (χ2n) is 4.47. The lowest BCUT2D eigenvalue weighted by atomic mass is 9.99. The van der Waals surface area contributed by atoms with Crippen LogP contribution in [0.3, 0.4) is 0 Å². The molecule has 0 radical (unpaired) electrons. The number of esters is 1. The lowest BCUT2D eigenvalue weighted by molar-refractivity contribution is -0.142. The molecule has 0 heterocycles. The van der Waals surface area contributed by atoms with E-state index >= 15 is 0 Å². The maximum absolute atomic E-state index is 11.7. The third kappa shape index (κ3) is 6.04. The van der Waals surface area contributed by atoms with Crippen LogP contribution in [0, 0.1) is 0 Å². The average Bonchev–Trinajstić information content (AvgIpc) is 2.39. The quantitative estimate of drug-likeness (QED) is 0.774. The van der Waals surface area contributed by atoms with Crippen LogP contribution < -0.4 is 11.1 Å². The van der Waals surface area contributed by atoms with Crippen LogP contribution in [0.15, 0.2) is 30.3 Å². The topological polar surface area (TPSA) is 81.4 Å². The van der Waals surface area contributed by atoms with E-state index in [2.05, 4.69) is 5.32 Å². The minimum atomic E-state index is -0.497. The summed E-state index contributed by atoms with van der Waals surface area (Å²) in [6.07, 6.45) is 0.239. The summed E-state index contributed by atoms with van der Waals surface area (Å²) in [5, 5.41) is 2.71. The largest absolute Gasteiger partial charge is 0.468 e. The first kappa shape index (κ1) is 18.4. The van der Waals surface area contributed by atoms with E-state index in [0.717, 1.165) is 5.56 Å². The van der Waals surface area contributed by atoms with Crippen LogP contribution in [0.5, 0.6) is 0 Å². The number of amides is 1. The van der Waals surface area contributed by atoms with E-state index in [4.69, 9.17) is 10.5 Å². The zero-order valence-electron chi connectivity index (χ0n) is 11.7. The Hall–Kier alpha value is -1.59. The minimum absolute atomic E-state index is 0. The van der Waals surface area contributed by atoms with Crippen molar-refractivity contribution in [3.63, 3.8) is 0 Å². The van der Waals surface area contributed by atoms with E-state index in [-0.39, 0.29) is 43.3 Å². The molecule has 2 atom stereocenters. The number of hydrogen-bond donors (Lipinski definition) is 2. The molecule has 0 spiro atoms. The molecule has 112 valence electrons. The van der Waals surface area contributed by atoms with E-state index in [1.54, 1.807) is 6.92 Å². The summed E-state index contributed by atoms with van der Waals surface area (Å²) in [7, 11) is 1.34. The van der Waals surface area contributed by atoms with Gasteiger partial charge in [0.25, 0.3) is 0 Å². The van der Waals surface area contributed by atoms with Crippen LogP contribution in [-0.4, -0.2) is 31.6 Å². The molecule has 0 aliphatic rings. The number of carbonyl (C=O) groups is 2. The molecule has 3 N–H and O–H groups in total. The third-order valence-electron chi connectivity index (χ3n) is 2.70. The van der Waals surface area contributed by atoms with Gasteiger partial charge in [0.2, 0.25) is 5.91 Å². The summed E-state index contributed by atoms with van der Waals surface area (Å²) in [6, 6.07) is 9.02. The Labute approximate surface area is 125 Å². The van der Waals surface area contributed by atoms with Crippen molar-refractivity contribution in [3.8, 4) is 0 Å². The third-order valence-corrected chi connectivity index (χ3v) is 2.70. The van der Waals surface area contributed by atoms with Crippen molar-refractivity contribution in [1.82, 2.24) is 5.32 Å². The Kier molecular flexibility index (Phi) is 8.59. The fourth-order valence-corrected chi connectivity index (χ4v) is 1.75. The number of methoxy groups -OCH3 is 1. The van der Waals surface area contributed by atoms with Crippen molar-refractivity contribution >= 4 is 24.3 Å². The highest BCUT2D eigenvalue weighted by Crippen LogP contribution is 2.16.